The molecule has 0 bridgehead atoms. The van der Waals surface area contributed by atoms with E-state index in [4.69, 9.17) is 24.7 Å². The fourth-order valence-electron chi connectivity index (χ4n) is 4.43. The fraction of sp³-hybridized carbons (Fsp3) is 0.429. The third-order valence-corrected chi connectivity index (χ3v) is 6.52. The van der Waals surface area contributed by atoms with Crippen LogP contribution in [0.2, 0.25) is 0 Å². The van der Waals surface area contributed by atoms with Crippen LogP contribution in [-0.2, 0) is 9.47 Å². The number of rotatable bonds is 10. The molecular weight excluding hydrogens is 470 g/mol. The second kappa shape index (κ2) is 12.7. The lowest BCUT2D eigenvalue weighted by molar-refractivity contribution is 0.0259. The molecule has 2 fully saturated rings. The molecule has 3 heterocycles. The zero-order valence-electron chi connectivity index (χ0n) is 21.1. The van der Waals surface area contributed by atoms with Crippen LogP contribution >= 0.6 is 0 Å². The maximum absolute atomic E-state index is 6.30. The van der Waals surface area contributed by atoms with E-state index in [2.05, 4.69) is 20.2 Å². The third kappa shape index (κ3) is 7.31. The predicted molar refractivity (Wildman–Crippen MR) is 143 cm³/mol. The summed E-state index contributed by atoms with van der Waals surface area (Å²) in [6.07, 6.45) is 4.63. The van der Waals surface area contributed by atoms with Crippen molar-refractivity contribution in [3.8, 4) is 22.8 Å². The summed E-state index contributed by atoms with van der Waals surface area (Å²) in [6.45, 7) is 6.85. The van der Waals surface area contributed by atoms with Crippen LogP contribution in [0.3, 0.4) is 0 Å². The first kappa shape index (κ1) is 25.3. The van der Waals surface area contributed by atoms with Gasteiger partial charge in [-0.3, -0.25) is 4.90 Å². The van der Waals surface area contributed by atoms with E-state index in [1.54, 1.807) is 6.20 Å². The van der Waals surface area contributed by atoms with Crippen molar-refractivity contribution in [3.05, 3.63) is 54.7 Å². The molecule has 0 saturated carbocycles. The maximum Gasteiger partial charge on any atom is 0.227 e. The SMILES string of the molecule is Nc1cc(-c2ccnc(Nc3ccc(OCCCN4CCOCC4)cc3)n2)ccc1OC1CCOCC1. The highest BCUT2D eigenvalue weighted by molar-refractivity contribution is 5.69. The topological polar surface area (TPSA) is 104 Å². The summed E-state index contributed by atoms with van der Waals surface area (Å²) >= 11 is 0. The molecule has 9 nitrogen and oxygen atoms in total. The highest BCUT2D eigenvalue weighted by atomic mass is 16.5. The Kier molecular flexibility index (Phi) is 8.68. The molecule has 2 aliphatic rings. The number of nitrogens with zero attached hydrogens (tertiary/aromatic N) is 3. The molecule has 3 aromatic rings. The van der Waals surface area contributed by atoms with E-state index in [9.17, 15) is 0 Å². The Hall–Kier alpha value is -3.40. The Labute approximate surface area is 217 Å². The zero-order valence-corrected chi connectivity index (χ0v) is 21.1. The average Bonchev–Trinajstić information content (AvgIpc) is 2.94. The standard InChI is InChI=1S/C28H35N5O4/c29-25-20-21(2-7-27(25)37-24-9-16-34-17-10-24)26-8-11-30-28(32-26)31-22-3-5-23(6-4-22)36-15-1-12-33-13-18-35-19-14-33/h2-8,11,20,24H,1,9-10,12-19,29H2,(H,30,31,32). The van der Waals surface area contributed by atoms with E-state index < -0.39 is 0 Å². The zero-order chi connectivity index (χ0) is 25.3. The molecule has 0 amide bonds. The molecule has 0 atom stereocenters. The summed E-state index contributed by atoms with van der Waals surface area (Å²) < 4.78 is 22.8. The van der Waals surface area contributed by atoms with Gasteiger partial charge in [-0.1, -0.05) is 0 Å². The quantitative estimate of drug-likeness (QED) is 0.311. The van der Waals surface area contributed by atoms with Gasteiger partial charge in [0.25, 0.3) is 0 Å². The molecule has 0 radical (unpaired) electrons. The highest BCUT2D eigenvalue weighted by Gasteiger charge is 2.17. The molecule has 2 aromatic carbocycles. The van der Waals surface area contributed by atoms with Crippen LogP contribution in [0, 0.1) is 0 Å². The van der Waals surface area contributed by atoms with E-state index >= 15 is 0 Å². The fourth-order valence-corrected chi connectivity index (χ4v) is 4.43. The van der Waals surface area contributed by atoms with Gasteiger partial charge in [-0.15, -0.1) is 0 Å². The van der Waals surface area contributed by atoms with Crippen molar-refractivity contribution >= 4 is 17.3 Å². The smallest absolute Gasteiger partial charge is 0.227 e. The van der Waals surface area contributed by atoms with Crippen molar-refractivity contribution in [3.63, 3.8) is 0 Å². The molecule has 0 spiro atoms. The molecule has 196 valence electrons. The highest BCUT2D eigenvalue weighted by Crippen LogP contribution is 2.30. The van der Waals surface area contributed by atoms with Gasteiger partial charge in [-0.05, 0) is 55.0 Å². The molecule has 5 rings (SSSR count). The molecule has 3 N–H and O–H groups in total. The Morgan fingerprint density at radius 2 is 1.76 bits per heavy atom. The van der Waals surface area contributed by atoms with Crippen molar-refractivity contribution < 1.29 is 18.9 Å². The molecular formula is C28H35N5O4. The first-order chi connectivity index (χ1) is 18.2. The lowest BCUT2D eigenvalue weighted by Crippen LogP contribution is -2.37. The number of nitrogens with one attached hydrogen (secondary N) is 1. The molecule has 2 aliphatic heterocycles. The average molecular weight is 506 g/mol. The van der Waals surface area contributed by atoms with Gasteiger partial charge in [0, 0.05) is 49.9 Å². The van der Waals surface area contributed by atoms with Gasteiger partial charge in [0.1, 0.15) is 17.6 Å². The monoisotopic (exact) mass is 505 g/mol. The van der Waals surface area contributed by atoms with Crippen LogP contribution in [0.25, 0.3) is 11.3 Å². The Morgan fingerprint density at radius 3 is 2.54 bits per heavy atom. The first-order valence-corrected chi connectivity index (χ1v) is 13.0. The largest absolute Gasteiger partial charge is 0.494 e. The van der Waals surface area contributed by atoms with Gasteiger partial charge in [0.2, 0.25) is 5.95 Å². The Bertz CT molecular complexity index is 1130. The lowest BCUT2D eigenvalue weighted by atomic mass is 10.1. The molecule has 2 saturated heterocycles. The normalized spacial score (nSPS) is 16.9. The summed E-state index contributed by atoms with van der Waals surface area (Å²) in [4.78, 5) is 11.5. The predicted octanol–water partition coefficient (Wildman–Crippen LogP) is 4.13. The number of aromatic nitrogens is 2. The van der Waals surface area contributed by atoms with Gasteiger partial charge in [-0.25, -0.2) is 9.97 Å². The van der Waals surface area contributed by atoms with Crippen LogP contribution in [0.4, 0.5) is 17.3 Å². The van der Waals surface area contributed by atoms with Crippen LogP contribution in [0.15, 0.2) is 54.7 Å². The number of anilines is 3. The number of hydrogen-bond acceptors (Lipinski definition) is 9. The number of morpholine rings is 1. The van der Waals surface area contributed by atoms with Crippen molar-refractivity contribution in [1.82, 2.24) is 14.9 Å². The van der Waals surface area contributed by atoms with Crippen LogP contribution in [0.1, 0.15) is 19.3 Å². The minimum atomic E-state index is 0.142. The second-order valence-electron chi connectivity index (χ2n) is 9.25. The number of ether oxygens (including phenoxy) is 4. The molecule has 1 aromatic heterocycles. The minimum Gasteiger partial charge on any atom is -0.494 e. The van der Waals surface area contributed by atoms with E-state index in [1.165, 1.54) is 0 Å². The van der Waals surface area contributed by atoms with Crippen molar-refractivity contribution in [1.29, 1.82) is 0 Å². The van der Waals surface area contributed by atoms with Gasteiger partial charge in [0.15, 0.2) is 0 Å². The van der Waals surface area contributed by atoms with Crippen LogP contribution in [0.5, 0.6) is 11.5 Å². The van der Waals surface area contributed by atoms with Crippen molar-refractivity contribution in [2.24, 2.45) is 0 Å². The van der Waals surface area contributed by atoms with Gasteiger partial charge >= 0.3 is 0 Å². The maximum atomic E-state index is 6.30. The number of hydrogen-bond donors (Lipinski definition) is 2. The van der Waals surface area contributed by atoms with E-state index in [0.717, 1.165) is 88.0 Å². The third-order valence-electron chi connectivity index (χ3n) is 6.52. The number of benzene rings is 2. The van der Waals surface area contributed by atoms with Gasteiger partial charge in [-0.2, -0.15) is 0 Å². The summed E-state index contributed by atoms with van der Waals surface area (Å²) in [5.41, 5.74) is 9.47. The molecule has 0 aliphatic carbocycles. The van der Waals surface area contributed by atoms with E-state index in [-0.39, 0.29) is 6.10 Å². The molecule has 9 heteroatoms. The summed E-state index contributed by atoms with van der Waals surface area (Å²) in [7, 11) is 0. The van der Waals surface area contributed by atoms with Gasteiger partial charge in [0.05, 0.1) is 44.4 Å². The van der Waals surface area contributed by atoms with Crippen LogP contribution in [-0.4, -0.2) is 73.6 Å². The van der Waals surface area contributed by atoms with Gasteiger partial charge < -0.3 is 30.0 Å². The Morgan fingerprint density at radius 1 is 0.973 bits per heavy atom. The number of nitrogens with two attached hydrogens (primary N) is 1. The Balaban J connectivity index is 1.13. The van der Waals surface area contributed by atoms with Crippen molar-refractivity contribution in [2.45, 2.75) is 25.4 Å². The van der Waals surface area contributed by atoms with E-state index in [0.29, 0.717) is 24.0 Å². The molecule has 37 heavy (non-hydrogen) atoms. The minimum absolute atomic E-state index is 0.142. The second-order valence-corrected chi connectivity index (χ2v) is 9.25. The first-order valence-electron chi connectivity index (χ1n) is 13.0. The lowest BCUT2D eigenvalue weighted by Gasteiger charge is -2.26. The van der Waals surface area contributed by atoms with Crippen molar-refractivity contribution in [2.75, 3.05) is 63.7 Å². The summed E-state index contributed by atoms with van der Waals surface area (Å²) in [5.74, 6) is 2.06. The number of nitrogen functional groups attached to an aromatic ring is 1. The summed E-state index contributed by atoms with van der Waals surface area (Å²) in [5, 5.41) is 3.27. The van der Waals surface area contributed by atoms with E-state index in [1.807, 2.05) is 48.5 Å². The summed E-state index contributed by atoms with van der Waals surface area (Å²) in [6, 6.07) is 15.5. The van der Waals surface area contributed by atoms with Crippen LogP contribution < -0.4 is 20.5 Å². The molecule has 0 unspecified atom stereocenters.